The van der Waals surface area contributed by atoms with Crippen molar-refractivity contribution in [3.05, 3.63) is 29.8 Å². The fourth-order valence-electron chi connectivity index (χ4n) is 5.31. The molecule has 4 atom stereocenters. The van der Waals surface area contributed by atoms with Crippen LogP contribution in [-0.2, 0) is 14.3 Å². The quantitative estimate of drug-likeness (QED) is 0.144. The first-order chi connectivity index (χ1) is 20.6. The van der Waals surface area contributed by atoms with E-state index >= 15 is 0 Å². The number of rotatable bonds is 21. The molecule has 2 rings (SSSR count). The number of morpholine rings is 1. The number of ether oxygens (including phenoxy) is 3. The molecule has 1 aliphatic heterocycles. The Balaban J connectivity index is 0.00000968. The van der Waals surface area contributed by atoms with E-state index in [4.69, 9.17) is 19.9 Å². The molecule has 5 N–H and O–H groups in total. The van der Waals surface area contributed by atoms with E-state index in [0.717, 1.165) is 52.1 Å². The van der Waals surface area contributed by atoms with Crippen LogP contribution in [0.3, 0.4) is 0 Å². The lowest BCUT2D eigenvalue weighted by atomic mass is 9.83. The fraction of sp³-hybridized carbons (Fsp3) is 0.758. The molecule has 12 heteroatoms. The molecular formula is C33H60Cl2N4O6. The molecule has 1 saturated heterocycles. The highest BCUT2D eigenvalue weighted by molar-refractivity contribution is 5.96. The largest absolute Gasteiger partial charge is 0.493 e. The van der Waals surface area contributed by atoms with Gasteiger partial charge in [-0.2, -0.15) is 0 Å². The number of aliphatic hydroxyl groups is 1. The van der Waals surface area contributed by atoms with E-state index in [1.165, 1.54) is 0 Å². The average molecular weight is 680 g/mol. The van der Waals surface area contributed by atoms with Crippen molar-refractivity contribution in [1.29, 1.82) is 0 Å². The fourth-order valence-corrected chi connectivity index (χ4v) is 5.31. The maximum absolute atomic E-state index is 13.1. The lowest BCUT2D eigenvalue weighted by Crippen LogP contribution is -2.44. The van der Waals surface area contributed by atoms with Crippen LogP contribution in [0.25, 0.3) is 0 Å². The molecule has 1 aromatic rings. The lowest BCUT2D eigenvalue weighted by Gasteiger charge is -2.30. The molecule has 2 amide bonds. The molecule has 0 aliphatic carbocycles. The minimum absolute atomic E-state index is 0. The van der Waals surface area contributed by atoms with E-state index in [1.54, 1.807) is 13.2 Å². The van der Waals surface area contributed by atoms with Gasteiger partial charge >= 0.3 is 0 Å². The van der Waals surface area contributed by atoms with Gasteiger partial charge in [-0.1, -0.05) is 39.8 Å². The summed E-state index contributed by atoms with van der Waals surface area (Å²) in [4.78, 5) is 28.5. The van der Waals surface area contributed by atoms with Crippen molar-refractivity contribution in [2.45, 2.75) is 71.9 Å². The number of carbonyl (C=O) groups excluding carboxylic acids is 2. The van der Waals surface area contributed by atoms with Crippen molar-refractivity contribution in [2.75, 3.05) is 66.3 Å². The number of hydrogen-bond acceptors (Lipinski definition) is 8. The van der Waals surface area contributed by atoms with Crippen LogP contribution in [0.5, 0.6) is 5.75 Å². The predicted molar refractivity (Wildman–Crippen MR) is 185 cm³/mol. The summed E-state index contributed by atoms with van der Waals surface area (Å²) in [5.41, 5.74) is 7.00. The van der Waals surface area contributed by atoms with E-state index in [9.17, 15) is 14.7 Å². The van der Waals surface area contributed by atoms with Crippen molar-refractivity contribution in [3.63, 3.8) is 0 Å². The number of hydrogen-bond donors (Lipinski definition) is 4. The van der Waals surface area contributed by atoms with Gasteiger partial charge < -0.3 is 35.7 Å². The number of amides is 2. The summed E-state index contributed by atoms with van der Waals surface area (Å²) in [5.74, 6) is 0.373. The molecule has 10 nitrogen and oxygen atoms in total. The van der Waals surface area contributed by atoms with Crippen molar-refractivity contribution in [2.24, 2.45) is 29.4 Å². The Bertz CT molecular complexity index is 936. The zero-order valence-electron chi connectivity index (χ0n) is 28.0. The number of nitrogens with two attached hydrogens (primary N) is 1. The highest BCUT2D eigenvalue weighted by Gasteiger charge is 2.30. The van der Waals surface area contributed by atoms with Crippen LogP contribution in [0.2, 0.25) is 0 Å². The number of carbonyl (C=O) groups is 2. The average Bonchev–Trinajstić information content (AvgIpc) is 2.99. The zero-order valence-corrected chi connectivity index (χ0v) is 29.6. The van der Waals surface area contributed by atoms with Gasteiger partial charge in [0, 0.05) is 51.9 Å². The van der Waals surface area contributed by atoms with E-state index in [-0.39, 0.29) is 60.3 Å². The predicted octanol–water partition coefficient (Wildman–Crippen LogP) is 3.92. The molecule has 45 heavy (non-hydrogen) atoms. The summed E-state index contributed by atoms with van der Waals surface area (Å²) >= 11 is 0. The standard InChI is InChI=1S/C33H58N4O6.2ClH/c1-24(2)26(23-36-32(39)27-11-6-7-12-31(27)43-18-9-8-17-41-5)21-29(34)30(38)22-28(25(3)4)33(40)35-13-10-14-37-15-19-42-20-16-37;;/h6-7,11-12,24-26,28-30,38H,8-10,13-23,34H2,1-5H3,(H,35,40)(H,36,39);2*1H/t26-,28+,29+,30+;;/m1../s1. The van der Waals surface area contributed by atoms with Crippen LogP contribution >= 0.6 is 24.8 Å². The molecule has 0 unspecified atom stereocenters. The number of benzene rings is 1. The minimum atomic E-state index is -0.823. The van der Waals surface area contributed by atoms with Gasteiger partial charge in [0.05, 0.1) is 31.5 Å². The summed E-state index contributed by atoms with van der Waals surface area (Å²) in [7, 11) is 1.68. The van der Waals surface area contributed by atoms with Crippen LogP contribution in [0.1, 0.15) is 70.2 Å². The van der Waals surface area contributed by atoms with Crippen LogP contribution in [0.4, 0.5) is 0 Å². The third-order valence-electron chi connectivity index (χ3n) is 8.36. The second kappa shape index (κ2) is 24.5. The van der Waals surface area contributed by atoms with Gasteiger partial charge in [0.1, 0.15) is 5.75 Å². The van der Waals surface area contributed by atoms with Crippen LogP contribution < -0.4 is 21.1 Å². The topological polar surface area (TPSA) is 135 Å². The smallest absolute Gasteiger partial charge is 0.255 e. The number of aliphatic hydroxyl groups excluding tert-OH is 1. The molecule has 0 radical (unpaired) electrons. The van der Waals surface area contributed by atoms with Gasteiger partial charge in [-0.05, 0) is 68.5 Å². The second-order valence-electron chi connectivity index (χ2n) is 12.4. The van der Waals surface area contributed by atoms with E-state index in [2.05, 4.69) is 29.4 Å². The van der Waals surface area contributed by atoms with Gasteiger partial charge in [-0.15, -0.1) is 24.8 Å². The number of methoxy groups -OCH3 is 1. The summed E-state index contributed by atoms with van der Waals surface area (Å²) in [6.45, 7) is 14.8. The lowest BCUT2D eigenvalue weighted by molar-refractivity contribution is -0.127. The molecule has 1 heterocycles. The molecule has 262 valence electrons. The van der Waals surface area contributed by atoms with Crippen LogP contribution in [0.15, 0.2) is 24.3 Å². The third-order valence-corrected chi connectivity index (χ3v) is 8.36. The number of halogens is 2. The van der Waals surface area contributed by atoms with Crippen LogP contribution in [-0.4, -0.2) is 100 Å². The molecule has 1 aliphatic rings. The minimum Gasteiger partial charge on any atom is -0.493 e. The summed E-state index contributed by atoms with van der Waals surface area (Å²) < 4.78 is 16.4. The summed E-state index contributed by atoms with van der Waals surface area (Å²) in [6, 6.07) is 6.74. The maximum Gasteiger partial charge on any atom is 0.255 e. The Hall–Kier alpha value is -1.66. The maximum atomic E-state index is 13.1. The van der Waals surface area contributed by atoms with Crippen molar-refractivity contribution < 1.29 is 28.9 Å². The van der Waals surface area contributed by atoms with Crippen molar-refractivity contribution in [1.82, 2.24) is 15.5 Å². The number of unbranched alkanes of at least 4 members (excludes halogenated alkanes) is 1. The van der Waals surface area contributed by atoms with Gasteiger partial charge in [-0.3, -0.25) is 14.5 Å². The van der Waals surface area contributed by atoms with Crippen molar-refractivity contribution >= 4 is 36.6 Å². The monoisotopic (exact) mass is 678 g/mol. The first-order valence-corrected chi connectivity index (χ1v) is 16.1. The third kappa shape index (κ3) is 16.6. The summed E-state index contributed by atoms with van der Waals surface area (Å²) in [6.07, 6.45) is 2.63. The Morgan fingerprint density at radius 2 is 1.64 bits per heavy atom. The molecule has 0 saturated carbocycles. The Kier molecular flexibility index (Phi) is 23.6. The van der Waals surface area contributed by atoms with Crippen LogP contribution in [0, 0.1) is 23.7 Å². The molecule has 0 bridgehead atoms. The highest BCUT2D eigenvalue weighted by atomic mass is 35.5. The SMILES string of the molecule is COCCCCOc1ccccc1C(=O)NC[C@@H](C[C@H](N)[C@@H](O)C[C@H](C(=O)NCCCN1CCOCC1)C(C)C)C(C)C.Cl.Cl. The van der Waals surface area contributed by atoms with E-state index in [0.29, 0.717) is 50.5 Å². The normalized spacial score (nSPS) is 16.2. The number of para-hydroxylation sites is 1. The van der Waals surface area contributed by atoms with Gasteiger partial charge in [0.2, 0.25) is 5.91 Å². The zero-order chi connectivity index (χ0) is 31.6. The number of nitrogens with zero attached hydrogens (tertiary/aromatic N) is 1. The molecule has 1 fully saturated rings. The van der Waals surface area contributed by atoms with E-state index in [1.807, 2.05) is 32.0 Å². The molecule has 0 aromatic heterocycles. The summed E-state index contributed by atoms with van der Waals surface area (Å²) in [5, 5.41) is 17.2. The molecule has 0 spiro atoms. The van der Waals surface area contributed by atoms with Gasteiger partial charge in [-0.25, -0.2) is 0 Å². The van der Waals surface area contributed by atoms with E-state index < -0.39 is 12.1 Å². The Morgan fingerprint density at radius 3 is 2.29 bits per heavy atom. The molecule has 1 aromatic carbocycles. The first-order valence-electron chi connectivity index (χ1n) is 16.1. The van der Waals surface area contributed by atoms with Crippen molar-refractivity contribution in [3.8, 4) is 5.75 Å². The van der Waals surface area contributed by atoms with Gasteiger partial charge in [0.25, 0.3) is 5.91 Å². The highest BCUT2D eigenvalue weighted by Crippen LogP contribution is 2.24. The first kappa shape index (κ1) is 43.3. The Labute approximate surface area is 283 Å². The Morgan fingerprint density at radius 1 is 0.978 bits per heavy atom. The number of nitrogens with one attached hydrogen (secondary N) is 2. The molecular weight excluding hydrogens is 619 g/mol. The van der Waals surface area contributed by atoms with Gasteiger partial charge in [0.15, 0.2) is 0 Å². The second-order valence-corrected chi connectivity index (χ2v) is 12.4.